The van der Waals surface area contributed by atoms with E-state index in [0.29, 0.717) is 6.04 Å². The molecule has 0 aliphatic carbocycles. The van der Waals surface area contributed by atoms with E-state index in [9.17, 15) is 5.11 Å². The lowest BCUT2D eigenvalue weighted by Crippen LogP contribution is -2.45. The fourth-order valence-corrected chi connectivity index (χ4v) is 2.03. The first-order valence-electron chi connectivity index (χ1n) is 5.29. The molecule has 1 aliphatic rings. The van der Waals surface area contributed by atoms with Gasteiger partial charge in [0.2, 0.25) is 0 Å². The Balaban J connectivity index is 2.46. The number of hydrogen-bond acceptors (Lipinski definition) is 2. The lowest BCUT2D eigenvalue weighted by atomic mass is 9.98. The van der Waals surface area contributed by atoms with Gasteiger partial charge in [0.05, 0.1) is 6.10 Å². The summed E-state index contributed by atoms with van der Waals surface area (Å²) in [6, 6.07) is 0.380. The zero-order valence-corrected chi connectivity index (χ0v) is 8.74. The molecule has 2 heteroatoms. The van der Waals surface area contributed by atoms with Gasteiger partial charge in [-0.3, -0.25) is 4.90 Å². The normalized spacial score (nSPS) is 28.1. The van der Waals surface area contributed by atoms with Crippen LogP contribution in [0.5, 0.6) is 0 Å². The summed E-state index contributed by atoms with van der Waals surface area (Å²) in [6.07, 6.45) is 7.75. The third-order valence-corrected chi connectivity index (χ3v) is 2.80. The Bertz CT molecular complexity index is 165. The van der Waals surface area contributed by atoms with Crippen LogP contribution in [0.2, 0.25) is 0 Å². The molecule has 1 rings (SSSR count). The van der Waals surface area contributed by atoms with Crippen molar-refractivity contribution in [1.82, 2.24) is 4.90 Å². The molecule has 0 saturated carbocycles. The molecule has 2 atom stereocenters. The summed E-state index contributed by atoms with van der Waals surface area (Å²) in [5.74, 6) is 0. The minimum absolute atomic E-state index is 0.189. The van der Waals surface area contributed by atoms with Crippen LogP contribution in [0.4, 0.5) is 0 Å². The Kier molecular flexibility index (Phi) is 4.46. The smallest absolute Gasteiger partial charge is 0.0667 e. The number of rotatable bonds is 3. The predicted octanol–water partition coefficient (Wildman–Crippen LogP) is 1.80. The Hall–Kier alpha value is -0.340. The fraction of sp³-hybridized carbons (Fsp3) is 0.818. The summed E-state index contributed by atoms with van der Waals surface area (Å²) in [7, 11) is 0. The van der Waals surface area contributed by atoms with Crippen molar-refractivity contribution in [2.75, 3.05) is 13.1 Å². The lowest BCUT2D eigenvalue weighted by molar-refractivity contribution is 0.0438. The van der Waals surface area contributed by atoms with E-state index in [1.165, 1.54) is 12.8 Å². The minimum Gasteiger partial charge on any atom is -0.392 e. The molecule has 0 aromatic carbocycles. The van der Waals surface area contributed by atoms with Crippen LogP contribution in [0.15, 0.2) is 12.2 Å². The molecule has 1 N–H and O–H groups in total. The molecule has 0 radical (unpaired) electrons. The molecule has 13 heavy (non-hydrogen) atoms. The third kappa shape index (κ3) is 3.12. The van der Waals surface area contributed by atoms with Gasteiger partial charge in [-0.15, -0.1) is 0 Å². The predicted molar refractivity (Wildman–Crippen MR) is 55.7 cm³/mol. The summed E-state index contributed by atoms with van der Waals surface area (Å²) in [5.41, 5.74) is 0. The van der Waals surface area contributed by atoms with Gasteiger partial charge in [-0.1, -0.05) is 18.6 Å². The number of hydrogen-bond donors (Lipinski definition) is 1. The number of piperidine rings is 1. The van der Waals surface area contributed by atoms with Gasteiger partial charge in [-0.2, -0.15) is 0 Å². The first-order chi connectivity index (χ1) is 6.25. The molecule has 0 aromatic rings. The van der Waals surface area contributed by atoms with Crippen molar-refractivity contribution in [2.24, 2.45) is 0 Å². The molecule has 2 nitrogen and oxygen atoms in total. The van der Waals surface area contributed by atoms with Crippen LogP contribution in [-0.2, 0) is 0 Å². The highest BCUT2D eigenvalue weighted by atomic mass is 16.3. The van der Waals surface area contributed by atoms with Crippen LogP contribution < -0.4 is 0 Å². The molecule has 0 bridgehead atoms. The van der Waals surface area contributed by atoms with Crippen molar-refractivity contribution in [3.8, 4) is 0 Å². The van der Waals surface area contributed by atoms with Crippen molar-refractivity contribution in [2.45, 2.75) is 45.3 Å². The minimum atomic E-state index is -0.189. The van der Waals surface area contributed by atoms with Gasteiger partial charge in [0.1, 0.15) is 0 Å². The van der Waals surface area contributed by atoms with Gasteiger partial charge in [0, 0.05) is 12.6 Å². The molecule has 1 heterocycles. The maximum Gasteiger partial charge on any atom is 0.0667 e. The molecular weight excluding hydrogens is 162 g/mol. The highest BCUT2D eigenvalue weighted by Gasteiger charge is 2.24. The summed E-state index contributed by atoms with van der Waals surface area (Å²) in [6.45, 7) is 6.08. The van der Waals surface area contributed by atoms with Crippen molar-refractivity contribution >= 4 is 0 Å². The second-order valence-corrected chi connectivity index (χ2v) is 3.87. The van der Waals surface area contributed by atoms with Crippen LogP contribution in [0.1, 0.15) is 33.1 Å². The van der Waals surface area contributed by atoms with Crippen LogP contribution >= 0.6 is 0 Å². The number of allylic oxidation sites excluding steroid dienone is 1. The topological polar surface area (TPSA) is 23.5 Å². The van der Waals surface area contributed by atoms with Crippen molar-refractivity contribution < 1.29 is 5.11 Å². The number of aliphatic hydroxyl groups excluding tert-OH is 1. The van der Waals surface area contributed by atoms with Gasteiger partial charge in [0.25, 0.3) is 0 Å². The van der Waals surface area contributed by atoms with Gasteiger partial charge < -0.3 is 5.11 Å². The second-order valence-electron chi connectivity index (χ2n) is 3.87. The highest BCUT2D eigenvalue weighted by molar-refractivity contribution is 4.88. The van der Waals surface area contributed by atoms with Crippen LogP contribution in [-0.4, -0.2) is 35.2 Å². The van der Waals surface area contributed by atoms with E-state index >= 15 is 0 Å². The van der Waals surface area contributed by atoms with E-state index in [1.54, 1.807) is 0 Å². The zero-order valence-electron chi connectivity index (χ0n) is 8.74. The maximum atomic E-state index is 9.58. The number of nitrogens with zero attached hydrogens (tertiary/aromatic N) is 1. The van der Waals surface area contributed by atoms with Crippen LogP contribution in [0.25, 0.3) is 0 Å². The molecule has 76 valence electrons. The Morgan fingerprint density at radius 1 is 1.54 bits per heavy atom. The Labute approximate surface area is 81.2 Å². The molecule has 1 aliphatic heterocycles. The summed E-state index contributed by atoms with van der Waals surface area (Å²) >= 11 is 0. The summed E-state index contributed by atoms with van der Waals surface area (Å²) in [4.78, 5) is 2.38. The number of likely N-dealkylation sites (tertiary alicyclic amines) is 1. The second kappa shape index (κ2) is 5.40. The van der Waals surface area contributed by atoms with E-state index in [0.717, 1.165) is 19.5 Å². The lowest BCUT2D eigenvalue weighted by Gasteiger charge is -2.36. The van der Waals surface area contributed by atoms with E-state index < -0.39 is 0 Å². The molecule has 2 unspecified atom stereocenters. The van der Waals surface area contributed by atoms with Crippen molar-refractivity contribution in [1.29, 1.82) is 0 Å². The standard InChI is InChI=1S/C11H21NO/c1-3-4-8-12-9-6-5-7-11(12)10(2)13/h3-4,10-11,13H,5-9H2,1-2H3/b4-3+. The van der Waals surface area contributed by atoms with Crippen molar-refractivity contribution in [3.63, 3.8) is 0 Å². The van der Waals surface area contributed by atoms with Gasteiger partial charge >= 0.3 is 0 Å². The summed E-state index contributed by atoms with van der Waals surface area (Å²) < 4.78 is 0. The first kappa shape index (κ1) is 10.7. The van der Waals surface area contributed by atoms with Crippen LogP contribution in [0.3, 0.4) is 0 Å². The largest absolute Gasteiger partial charge is 0.392 e. The average Bonchev–Trinajstić information content (AvgIpc) is 2.15. The van der Waals surface area contributed by atoms with E-state index in [-0.39, 0.29) is 6.10 Å². The van der Waals surface area contributed by atoms with Gasteiger partial charge in [0.15, 0.2) is 0 Å². The maximum absolute atomic E-state index is 9.58. The van der Waals surface area contributed by atoms with E-state index in [2.05, 4.69) is 17.1 Å². The molecule has 0 amide bonds. The third-order valence-electron chi connectivity index (χ3n) is 2.80. The van der Waals surface area contributed by atoms with Gasteiger partial charge in [-0.05, 0) is 33.2 Å². The molecule has 1 fully saturated rings. The molecule has 0 spiro atoms. The summed E-state index contributed by atoms with van der Waals surface area (Å²) in [5, 5.41) is 9.58. The molecule has 1 saturated heterocycles. The average molecular weight is 183 g/mol. The number of aliphatic hydroxyl groups is 1. The molecular formula is C11H21NO. The zero-order chi connectivity index (χ0) is 9.68. The monoisotopic (exact) mass is 183 g/mol. The molecule has 0 aromatic heterocycles. The quantitative estimate of drug-likeness (QED) is 0.674. The van der Waals surface area contributed by atoms with Gasteiger partial charge in [-0.25, -0.2) is 0 Å². The first-order valence-corrected chi connectivity index (χ1v) is 5.29. The van der Waals surface area contributed by atoms with Crippen LogP contribution in [0, 0.1) is 0 Å². The SMILES string of the molecule is C/C=C/CN1CCCCC1C(C)O. The van der Waals surface area contributed by atoms with E-state index in [1.807, 2.05) is 13.8 Å². The Morgan fingerprint density at radius 2 is 2.31 bits per heavy atom. The fourth-order valence-electron chi connectivity index (χ4n) is 2.03. The van der Waals surface area contributed by atoms with E-state index in [4.69, 9.17) is 0 Å². The van der Waals surface area contributed by atoms with Crippen molar-refractivity contribution in [3.05, 3.63) is 12.2 Å². The Morgan fingerprint density at radius 3 is 2.92 bits per heavy atom. The highest BCUT2D eigenvalue weighted by Crippen LogP contribution is 2.19.